The van der Waals surface area contributed by atoms with Gasteiger partial charge in [-0.1, -0.05) is 18.9 Å². The number of anilines is 1. The summed E-state index contributed by atoms with van der Waals surface area (Å²) in [7, 11) is 0. The van der Waals surface area contributed by atoms with Gasteiger partial charge in [0, 0.05) is 5.92 Å². The van der Waals surface area contributed by atoms with Gasteiger partial charge in [-0.25, -0.2) is 4.39 Å². The lowest BCUT2D eigenvalue weighted by atomic mass is 10.0. The molecule has 0 aromatic heterocycles. The number of benzene rings is 1. The second-order valence-electron chi connectivity index (χ2n) is 5.40. The van der Waals surface area contributed by atoms with Crippen molar-refractivity contribution in [2.75, 3.05) is 5.32 Å². The molecule has 0 spiro atoms. The quantitative estimate of drug-likeness (QED) is 0.886. The lowest BCUT2D eigenvalue weighted by Crippen LogP contribution is -2.16. The Kier molecular flexibility index (Phi) is 2.98. The Morgan fingerprint density at radius 2 is 2.00 bits per heavy atom. The summed E-state index contributed by atoms with van der Waals surface area (Å²) in [5.41, 5.74) is 0.204. The van der Waals surface area contributed by atoms with Gasteiger partial charge in [0.05, 0.1) is 5.69 Å². The van der Waals surface area contributed by atoms with Crippen LogP contribution in [0.3, 0.4) is 0 Å². The first-order valence-electron chi connectivity index (χ1n) is 6.72. The molecule has 2 fully saturated rings. The highest BCUT2D eigenvalue weighted by atomic mass is 19.1. The fourth-order valence-corrected chi connectivity index (χ4v) is 3.34. The van der Waals surface area contributed by atoms with Crippen LogP contribution in [0.1, 0.15) is 31.2 Å². The molecule has 1 N–H and O–H groups in total. The van der Waals surface area contributed by atoms with Crippen molar-refractivity contribution in [1.82, 2.24) is 0 Å². The molecule has 2 aliphatic carbocycles. The van der Waals surface area contributed by atoms with Crippen molar-refractivity contribution in [3.63, 3.8) is 0 Å². The van der Waals surface area contributed by atoms with Crippen LogP contribution in [0.25, 0.3) is 0 Å². The third kappa shape index (κ3) is 2.10. The minimum Gasteiger partial charge on any atom is -0.325 e. The van der Waals surface area contributed by atoms with E-state index in [9.17, 15) is 9.18 Å². The maximum Gasteiger partial charge on any atom is 0.228 e. The topological polar surface area (TPSA) is 52.9 Å². The van der Waals surface area contributed by atoms with Gasteiger partial charge in [0.15, 0.2) is 0 Å². The summed E-state index contributed by atoms with van der Waals surface area (Å²) in [6.45, 7) is 0. The Bertz CT molecular complexity index is 552. The summed E-state index contributed by atoms with van der Waals surface area (Å²) in [5, 5.41) is 11.7. The van der Waals surface area contributed by atoms with Crippen LogP contribution in [-0.2, 0) is 4.79 Å². The van der Waals surface area contributed by atoms with E-state index < -0.39 is 5.82 Å². The Labute approximate surface area is 111 Å². The minimum absolute atomic E-state index is 0.0565. The van der Waals surface area contributed by atoms with Crippen molar-refractivity contribution in [3.05, 3.63) is 29.6 Å². The molecule has 4 heteroatoms. The predicted octanol–water partition coefficient (Wildman–Crippen LogP) is 3.07. The van der Waals surface area contributed by atoms with E-state index >= 15 is 0 Å². The maximum atomic E-state index is 13.4. The molecule has 1 aromatic rings. The molecule has 2 aliphatic rings. The second-order valence-corrected chi connectivity index (χ2v) is 5.40. The fourth-order valence-electron chi connectivity index (χ4n) is 3.34. The number of amides is 1. The molecular formula is C15H15FN2O. The summed E-state index contributed by atoms with van der Waals surface area (Å²) in [5.74, 6) is 0.436. The Morgan fingerprint density at radius 3 is 2.63 bits per heavy atom. The number of nitrogens with one attached hydrogen (secondary N) is 1. The molecule has 0 radical (unpaired) electrons. The normalized spacial score (nSPS) is 28.1. The summed E-state index contributed by atoms with van der Waals surface area (Å²) in [4.78, 5) is 12.2. The molecule has 3 nitrogen and oxygen atoms in total. The molecule has 2 atom stereocenters. The number of carbonyl (C=O) groups excluding carboxylic acids is 1. The fraction of sp³-hybridized carbons (Fsp3) is 0.467. The first-order chi connectivity index (χ1) is 9.22. The average Bonchev–Trinajstić information content (AvgIpc) is 3.13. The van der Waals surface area contributed by atoms with Gasteiger partial charge < -0.3 is 5.32 Å². The number of hydrogen-bond donors (Lipinski definition) is 1. The van der Waals surface area contributed by atoms with Crippen LogP contribution in [0.4, 0.5) is 10.1 Å². The van der Waals surface area contributed by atoms with Gasteiger partial charge in [-0.15, -0.1) is 0 Å². The van der Waals surface area contributed by atoms with Crippen LogP contribution in [0.2, 0.25) is 0 Å². The van der Waals surface area contributed by atoms with Gasteiger partial charge in [0.25, 0.3) is 0 Å². The van der Waals surface area contributed by atoms with Crippen LogP contribution >= 0.6 is 0 Å². The van der Waals surface area contributed by atoms with E-state index in [1.807, 2.05) is 0 Å². The minimum atomic E-state index is -0.589. The molecule has 2 unspecified atom stereocenters. The molecule has 0 aliphatic heterocycles. The number of fused-ring (bicyclic) bond motifs is 1. The predicted molar refractivity (Wildman–Crippen MR) is 68.7 cm³/mol. The number of halogens is 1. The lowest BCUT2D eigenvalue weighted by molar-refractivity contribution is -0.117. The van der Waals surface area contributed by atoms with Crippen LogP contribution in [-0.4, -0.2) is 5.91 Å². The highest BCUT2D eigenvalue weighted by Crippen LogP contribution is 2.55. The highest BCUT2D eigenvalue weighted by molar-refractivity contribution is 5.96. The molecule has 1 aromatic carbocycles. The zero-order valence-corrected chi connectivity index (χ0v) is 10.5. The van der Waals surface area contributed by atoms with Crippen LogP contribution < -0.4 is 5.32 Å². The molecule has 0 bridgehead atoms. The zero-order chi connectivity index (χ0) is 13.4. The number of nitriles is 1. The molecule has 1 amide bonds. The second kappa shape index (κ2) is 4.65. The van der Waals surface area contributed by atoms with E-state index in [4.69, 9.17) is 5.26 Å². The van der Waals surface area contributed by atoms with E-state index in [1.54, 1.807) is 12.1 Å². The van der Waals surface area contributed by atoms with Gasteiger partial charge in [-0.05, 0) is 36.8 Å². The number of nitrogens with zero attached hydrogens (tertiary/aromatic N) is 1. The van der Waals surface area contributed by atoms with Crippen molar-refractivity contribution < 1.29 is 9.18 Å². The van der Waals surface area contributed by atoms with Crippen molar-refractivity contribution in [2.24, 2.45) is 17.8 Å². The zero-order valence-electron chi connectivity index (χ0n) is 10.5. The van der Waals surface area contributed by atoms with Crippen LogP contribution in [0.15, 0.2) is 18.2 Å². The van der Waals surface area contributed by atoms with E-state index in [0.29, 0.717) is 11.8 Å². The Morgan fingerprint density at radius 1 is 1.32 bits per heavy atom. The van der Waals surface area contributed by atoms with E-state index in [1.165, 1.54) is 25.0 Å². The number of hydrogen-bond acceptors (Lipinski definition) is 2. The number of rotatable bonds is 2. The first-order valence-corrected chi connectivity index (χ1v) is 6.72. The molecule has 2 saturated carbocycles. The van der Waals surface area contributed by atoms with Crippen molar-refractivity contribution in [2.45, 2.75) is 25.7 Å². The summed E-state index contributed by atoms with van der Waals surface area (Å²) in [6, 6.07) is 6.11. The molecule has 0 heterocycles. The number of carbonyl (C=O) groups is 1. The largest absolute Gasteiger partial charge is 0.325 e. The Balaban J connectivity index is 1.74. The maximum absolute atomic E-state index is 13.4. The van der Waals surface area contributed by atoms with Gasteiger partial charge in [0.1, 0.15) is 17.4 Å². The summed E-state index contributed by atoms with van der Waals surface area (Å²) >= 11 is 0. The molecular weight excluding hydrogens is 243 g/mol. The van der Waals surface area contributed by atoms with Gasteiger partial charge in [-0.2, -0.15) is 5.26 Å². The molecule has 98 valence electrons. The van der Waals surface area contributed by atoms with Crippen molar-refractivity contribution in [1.29, 1.82) is 5.26 Å². The monoisotopic (exact) mass is 258 g/mol. The van der Waals surface area contributed by atoms with Crippen molar-refractivity contribution in [3.8, 4) is 6.07 Å². The third-order valence-electron chi connectivity index (χ3n) is 4.34. The van der Waals surface area contributed by atoms with Gasteiger partial charge in [-0.3, -0.25) is 4.79 Å². The average molecular weight is 258 g/mol. The van der Waals surface area contributed by atoms with Crippen molar-refractivity contribution >= 4 is 11.6 Å². The van der Waals surface area contributed by atoms with E-state index in [-0.39, 0.29) is 23.1 Å². The van der Waals surface area contributed by atoms with E-state index in [0.717, 1.165) is 12.8 Å². The molecule has 3 rings (SSSR count). The van der Waals surface area contributed by atoms with E-state index in [2.05, 4.69) is 5.32 Å². The molecule has 0 saturated heterocycles. The highest BCUT2D eigenvalue weighted by Gasteiger charge is 2.54. The van der Waals surface area contributed by atoms with Crippen LogP contribution in [0.5, 0.6) is 0 Å². The summed E-state index contributed by atoms with van der Waals surface area (Å²) in [6.07, 6.45) is 4.65. The third-order valence-corrected chi connectivity index (χ3v) is 4.34. The SMILES string of the molecule is N#Cc1c(F)cccc1NC(=O)C1C2CCCCC21. The standard InChI is InChI=1S/C15H15FN2O/c16-12-6-3-7-13(11(12)8-17)18-15(19)14-9-4-1-2-5-10(9)14/h3,6-7,9-10,14H,1-2,4-5H2,(H,18,19). The van der Waals surface area contributed by atoms with Crippen LogP contribution in [0, 0.1) is 34.9 Å². The summed E-state index contributed by atoms with van der Waals surface area (Å²) < 4.78 is 13.4. The first kappa shape index (κ1) is 12.2. The Hall–Kier alpha value is -1.89. The van der Waals surface area contributed by atoms with Gasteiger partial charge >= 0.3 is 0 Å². The molecule has 19 heavy (non-hydrogen) atoms. The lowest BCUT2D eigenvalue weighted by Gasteiger charge is -2.07. The smallest absolute Gasteiger partial charge is 0.228 e. The van der Waals surface area contributed by atoms with Gasteiger partial charge in [0.2, 0.25) is 5.91 Å².